The Kier molecular flexibility index (Phi) is 6.92. The number of anilines is 2. The van der Waals surface area contributed by atoms with Crippen LogP contribution in [0.4, 0.5) is 11.4 Å². The zero-order valence-electron chi connectivity index (χ0n) is 14.5. The second kappa shape index (κ2) is 8.75. The van der Waals surface area contributed by atoms with Crippen LogP contribution in [0.1, 0.15) is 18.4 Å². The molecule has 8 heteroatoms. The third-order valence-electron chi connectivity index (χ3n) is 3.68. The van der Waals surface area contributed by atoms with Crippen molar-refractivity contribution in [3.63, 3.8) is 0 Å². The van der Waals surface area contributed by atoms with Crippen molar-refractivity contribution in [2.75, 3.05) is 22.4 Å². The largest absolute Gasteiger partial charge is 0.326 e. The van der Waals surface area contributed by atoms with Crippen molar-refractivity contribution in [3.05, 3.63) is 58.1 Å². The van der Waals surface area contributed by atoms with E-state index in [1.165, 1.54) is 10.4 Å². The van der Waals surface area contributed by atoms with Crippen molar-refractivity contribution in [3.8, 4) is 0 Å². The number of aryl methyl sites for hydroxylation is 1. The molecule has 0 saturated heterocycles. The molecule has 0 radical (unpaired) electrons. The van der Waals surface area contributed by atoms with Crippen molar-refractivity contribution in [2.24, 2.45) is 0 Å². The molecular weight excluding hydrogens is 395 g/mol. The molecule has 0 aliphatic carbocycles. The summed E-state index contributed by atoms with van der Waals surface area (Å²) in [5.41, 5.74) is 2.12. The van der Waals surface area contributed by atoms with E-state index < -0.39 is 10.0 Å². The number of sulfonamides is 1. The van der Waals surface area contributed by atoms with Crippen LogP contribution in [0.25, 0.3) is 0 Å². The zero-order chi connectivity index (χ0) is 19.3. The predicted molar refractivity (Wildman–Crippen MR) is 108 cm³/mol. The fourth-order valence-electron chi connectivity index (χ4n) is 2.39. The maximum atomic E-state index is 12.1. The molecule has 2 aromatic carbocycles. The van der Waals surface area contributed by atoms with Crippen LogP contribution in [0.15, 0.2) is 42.5 Å². The lowest BCUT2D eigenvalue weighted by atomic mass is 10.2. The summed E-state index contributed by atoms with van der Waals surface area (Å²) in [6.07, 6.45) is 1.61. The molecule has 0 fully saturated rings. The third-order valence-corrected chi connectivity index (χ3v) is 5.41. The minimum absolute atomic E-state index is 0.125. The Morgan fingerprint density at radius 2 is 1.77 bits per heavy atom. The lowest BCUT2D eigenvalue weighted by molar-refractivity contribution is -0.116. The van der Waals surface area contributed by atoms with Gasteiger partial charge in [-0.05, 0) is 43.7 Å². The number of halogens is 2. The van der Waals surface area contributed by atoms with E-state index in [0.29, 0.717) is 22.8 Å². The molecule has 0 heterocycles. The number of hydrogen-bond acceptors (Lipinski definition) is 3. The normalized spacial score (nSPS) is 11.2. The highest BCUT2D eigenvalue weighted by Crippen LogP contribution is 2.30. The molecule has 0 saturated carbocycles. The lowest BCUT2D eigenvalue weighted by Crippen LogP contribution is -2.31. The van der Waals surface area contributed by atoms with E-state index in [1.807, 2.05) is 31.2 Å². The van der Waals surface area contributed by atoms with Gasteiger partial charge in [0.2, 0.25) is 15.9 Å². The Hall–Kier alpha value is -1.76. The predicted octanol–water partition coefficient (Wildman–Crippen LogP) is 4.49. The molecule has 0 aromatic heterocycles. The van der Waals surface area contributed by atoms with Gasteiger partial charge in [-0.1, -0.05) is 40.9 Å². The summed E-state index contributed by atoms with van der Waals surface area (Å²) < 4.78 is 25.4. The average Bonchev–Trinajstić information content (AvgIpc) is 2.55. The fraction of sp³-hybridized carbons (Fsp3) is 0.278. The molecular formula is C18H20Cl2N2O3S. The van der Waals surface area contributed by atoms with Crippen LogP contribution in [0, 0.1) is 6.92 Å². The third kappa shape index (κ3) is 5.90. The van der Waals surface area contributed by atoms with Crippen LogP contribution in [0.5, 0.6) is 0 Å². The standard InChI is InChI=1S/C18H20Cl2N2O3S/c1-13-5-8-15(9-6-13)21-18(23)4-3-11-22(26(2,24)25)17-12-14(19)7-10-16(17)20/h5-10,12H,3-4,11H2,1-2H3,(H,21,23). The SMILES string of the molecule is Cc1ccc(NC(=O)CCCN(c2cc(Cl)ccc2Cl)S(C)(=O)=O)cc1. The summed E-state index contributed by atoms with van der Waals surface area (Å²) in [4.78, 5) is 12.1. The molecule has 2 aromatic rings. The molecule has 1 N–H and O–H groups in total. The van der Waals surface area contributed by atoms with Gasteiger partial charge in [-0.2, -0.15) is 0 Å². The van der Waals surface area contributed by atoms with Gasteiger partial charge < -0.3 is 5.32 Å². The maximum Gasteiger partial charge on any atom is 0.232 e. The van der Waals surface area contributed by atoms with Crippen molar-refractivity contribution in [1.29, 1.82) is 0 Å². The Morgan fingerprint density at radius 1 is 1.12 bits per heavy atom. The Bertz CT molecular complexity index is 884. The summed E-state index contributed by atoms with van der Waals surface area (Å²) in [7, 11) is -3.56. The molecule has 0 spiro atoms. The van der Waals surface area contributed by atoms with Gasteiger partial charge in [0.15, 0.2) is 0 Å². The van der Waals surface area contributed by atoms with Crippen LogP contribution in [-0.2, 0) is 14.8 Å². The topological polar surface area (TPSA) is 66.5 Å². The van der Waals surface area contributed by atoms with Gasteiger partial charge in [-0.25, -0.2) is 8.42 Å². The van der Waals surface area contributed by atoms with Crippen LogP contribution < -0.4 is 9.62 Å². The number of carbonyl (C=O) groups is 1. The molecule has 0 bridgehead atoms. The molecule has 1 amide bonds. The van der Waals surface area contributed by atoms with Crippen LogP contribution >= 0.6 is 23.2 Å². The van der Waals surface area contributed by atoms with Gasteiger partial charge >= 0.3 is 0 Å². The summed E-state index contributed by atoms with van der Waals surface area (Å²) in [6, 6.07) is 12.1. The fourth-order valence-corrected chi connectivity index (χ4v) is 3.79. The molecule has 5 nitrogen and oxygen atoms in total. The molecule has 26 heavy (non-hydrogen) atoms. The van der Waals surface area contributed by atoms with Gasteiger partial charge in [0.25, 0.3) is 0 Å². The number of nitrogens with one attached hydrogen (secondary N) is 1. The van der Waals surface area contributed by atoms with E-state index >= 15 is 0 Å². The first-order chi connectivity index (χ1) is 12.2. The van der Waals surface area contributed by atoms with Gasteiger partial charge in [0.1, 0.15) is 0 Å². The zero-order valence-corrected chi connectivity index (χ0v) is 16.8. The van der Waals surface area contributed by atoms with Crippen LogP contribution in [-0.4, -0.2) is 27.1 Å². The highest BCUT2D eigenvalue weighted by Gasteiger charge is 2.20. The minimum Gasteiger partial charge on any atom is -0.326 e. The molecule has 0 aliphatic rings. The van der Waals surface area contributed by atoms with Gasteiger partial charge in [0, 0.05) is 23.7 Å². The number of rotatable bonds is 7. The Labute approximate surface area is 164 Å². The highest BCUT2D eigenvalue weighted by atomic mass is 35.5. The summed E-state index contributed by atoms with van der Waals surface area (Å²) in [5.74, 6) is -0.181. The molecule has 0 atom stereocenters. The van der Waals surface area contributed by atoms with E-state index in [-0.39, 0.29) is 23.9 Å². The van der Waals surface area contributed by atoms with Crippen LogP contribution in [0.3, 0.4) is 0 Å². The van der Waals surface area contributed by atoms with E-state index in [1.54, 1.807) is 12.1 Å². The van der Waals surface area contributed by atoms with E-state index in [2.05, 4.69) is 5.32 Å². The van der Waals surface area contributed by atoms with Crippen molar-refractivity contribution in [2.45, 2.75) is 19.8 Å². The van der Waals surface area contributed by atoms with E-state index in [9.17, 15) is 13.2 Å². The number of carbonyl (C=O) groups excluding carboxylic acids is 1. The molecule has 0 aliphatic heterocycles. The molecule has 0 unspecified atom stereocenters. The van der Waals surface area contributed by atoms with Crippen LogP contribution in [0.2, 0.25) is 10.0 Å². The number of nitrogens with zero attached hydrogens (tertiary/aromatic N) is 1. The van der Waals surface area contributed by atoms with E-state index in [4.69, 9.17) is 23.2 Å². The quantitative estimate of drug-likeness (QED) is 0.725. The summed E-state index contributed by atoms with van der Waals surface area (Å²) >= 11 is 12.1. The number of benzene rings is 2. The lowest BCUT2D eigenvalue weighted by Gasteiger charge is -2.23. The van der Waals surface area contributed by atoms with Crippen molar-refractivity contribution < 1.29 is 13.2 Å². The van der Waals surface area contributed by atoms with Gasteiger partial charge in [-0.15, -0.1) is 0 Å². The second-order valence-corrected chi connectivity index (χ2v) is 8.70. The smallest absolute Gasteiger partial charge is 0.232 e. The monoisotopic (exact) mass is 414 g/mol. The number of amides is 1. The van der Waals surface area contributed by atoms with Gasteiger partial charge in [0.05, 0.1) is 17.0 Å². The van der Waals surface area contributed by atoms with Crippen molar-refractivity contribution in [1.82, 2.24) is 0 Å². The molecule has 2 rings (SSSR count). The van der Waals surface area contributed by atoms with E-state index in [0.717, 1.165) is 11.8 Å². The summed E-state index contributed by atoms with van der Waals surface area (Å²) in [6.45, 7) is 2.09. The van der Waals surface area contributed by atoms with Crippen molar-refractivity contribution >= 4 is 50.5 Å². The molecule has 140 valence electrons. The maximum absolute atomic E-state index is 12.1. The Morgan fingerprint density at radius 3 is 2.38 bits per heavy atom. The minimum atomic E-state index is -3.56. The Balaban J connectivity index is 2.01. The first-order valence-corrected chi connectivity index (χ1v) is 10.6. The second-order valence-electron chi connectivity index (χ2n) is 5.95. The van der Waals surface area contributed by atoms with Gasteiger partial charge in [-0.3, -0.25) is 9.10 Å². The number of hydrogen-bond donors (Lipinski definition) is 1. The first-order valence-electron chi connectivity index (χ1n) is 7.96. The average molecular weight is 415 g/mol. The summed E-state index contributed by atoms with van der Waals surface area (Å²) in [5, 5.41) is 3.45. The first kappa shape index (κ1) is 20.6. The highest BCUT2D eigenvalue weighted by molar-refractivity contribution is 7.92.